The number of likely N-dealkylation sites (N-methyl/N-ethyl adjacent to an activating group) is 1. The molecule has 1 heterocycles. The first kappa shape index (κ1) is 19.2. The molecule has 1 unspecified atom stereocenters. The van der Waals surface area contributed by atoms with Crippen molar-refractivity contribution in [3.05, 3.63) is 29.8 Å². The molecular weight excluding hydrogens is 344 g/mol. The van der Waals surface area contributed by atoms with Gasteiger partial charge in [0.15, 0.2) is 9.84 Å². The van der Waals surface area contributed by atoms with Crippen LogP contribution >= 0.6 is 0 Å². The van der Waals surface area contributed by atoms with Gasteiger partial charge in [-0.15, -0.1) is 0 Å². The maximum atomic E-state index is 12.3. The number of benzene rings is 1. The molecule has 2 rings (SSSR count). The minimum Gasteiger partial charge on any atom is -0.496 e. The average molecular weight is 368 g/mol. The molecule has 0 radical (unpaired) electrons. The highest BCUT2D eigenvalue weighted by Gasteiger charge is 2.35. The first-order chi connectivity index (χ1) is 11.9. The third kappa shape index (κ3) is 4.94. The Morgan fingerprint density at radius 2 is 2.04 bits per heavy atom. The SMILES string of the molecule is CCN(C(=O)C(=O)NCCc1ccccc1OC)C1CCS(=O)(=O)C1. The van der Waals surface area contributed by atoms with Gasteiger partial charge >= 0.3 is 11.8 Å². The summed E-state index contributed by atoms with van der Waals surface area (Å²) >= 11 is 0. The topological polar surface area (TPSA) is 92.8 Å². The van der Waals surface area contributed by atoms with Gasteiger partial charge in [0.25, 0.3) is 0 Å². The number of carbonyl (C=O) groups excluding carboxylic acids is 2. The lowest BCUT2D eigenvalue weighted by Crippen LogP contribution is -2.48. The van der Waals surface area contributed by atoms with Gasteiger partial charge in [0.1, 0.15) is 5.75 Å². The molecule has 1 fully saturated rings. The number of amides is 2. The average Bonchev–Trinajstić information content (AvgIpc) is 2.95. The molecule has 138 valence electrons. The molecule has 1 N–H and O–H groups in total. The van der Waals surface area contributed by atoms with Gasteiger partial charge in [-0.05, 0) is 31.4 Å². The third-order valence-corrected chi connectivity index (χ3v) is 6.07. The van der Waals surface area contributed by atoms with Crippen molar-refractivity contribution >= 4 is 21.7 Å². The zero-order valence-corrected chi connectivity index (χ0v) is 15.3. The summed E-state index contributed by atoms with van der Waals surface area (Å²) in [6.07, 6.45) is 0.920. The normalized spacial score (nSPS) is 18.6. The van der Waals surface area contributed by atoms with Crippen LogP contribution in [0.15, 0.2) is 24.3 Å². The number of hydrogen-bond acceptors (Lipinski definition) is 5. The Balaban J connectivity index is 1.90. The number of sulfone groups is 1. The van der Waals surface area contributed by atoms with Gasteiger partial charge in [-0.3, -0.25) is 9.59 Å². The summed E-state index contributed by atoms with van der Waals surface area (Å²) < 4.78 is 28.4. The molecule has 0 aliphatic carbocycles. The largest absolute Gasteiger partial charge is 0.496 e. The van der Waals surface area contributed by atoms with Crippen LogP contribution in [0.1, 0.15) is 18.9 Å². The predicted octanol–water partition coefficient (Wildman–Crippen LogP) is 0.390. The Morgan fingerprint density at radius 1 is 1.32 bits per heavy atom. The molecule has 2 amide bonds. The van der Waals surface area contributed by atoms with Crippen LogP contribution in [-0.2, 0) is 25.8 Å². The van der Waals surface area contributed by atoms with E-state index in [4.69, 9.17) is 4.74 Å². The molecule has 1 saturated heterocycles. The van der Waals surface area contributed by atoms with E-state index < -0.39 is 27.7 Å². The standard InChI is InChI=1S/C17H24N2O5S/c1-3-19(14-9-11-25(22,23)12-14)17(21)16(20)18-10-8-13-6-4-5-7-15(13)24-2/h4-7,14H,3,8-12H2,1-2H3,(H,18,20). The number of carbonyl (C=O) groups is 2. The highest BCUT2D eigenvalue weighted by atomic mass is 32.2. The lowest BCUT2D eigenvalue weighted by Gasteiger charge is -2.26. The number of para-hydroxylation sites is 1. The molecule has 1 aliphatic heterocycles. The van der Waals surface area contributed by atoms with Crippen LogP contribution in [0.5, 0.6) is 5.75 Å². The van der Waals surface area contributed by atoms with Crippen molar-refractivity contribution in [1.29, 1.82) is 0 Å². The Kier molecular flexibility index (Phi) is 6.41. The molecule has 1 aliphatic rings. The molecule has 1 atom stereocenters. The van der Waals surface area contributed by atoms with E-state index in [0.29, 0.717) is 25.9 Å². The molecule has 1 aromatic carbocycles. The Labute approximate surface area is 148 Å². The third-order valence-electron chi connectivity index (χ3n) is 4.32. The van der Waals surface area contributed by atoms with Crippen LogP contribution in [0, 0.1) is 0 Å². The second-order valence-electron chi connectivity index (χ2n) is 5.97. The lowest BCUT2D eigenvalue weighted by molar-refractivity contribution is -0.146. The number of hydrogen-bond donors (Lipinski definition) is 1. The zero-order valence-electron chi connectivity index (χ0n) is 14.5. The van der Waals surface area contributed by atoms with Crippen molar-refractivity contribution in [2.45, 2.75) is 25.8 Å². The number of ether oxygens (including phenoxy) is 1. The van der Waals surface area contributed by atoms with Crippen molar-refractivity contribution < 1.29 is 22.7 Å². The van der Waals surface area contributed by atoms with Crippen molar-refractivity contribution in [3.63, 3.8) is 0 Å². The lowest BCUT2D eigenvalue weighted by atomic mass is 10.1. The van der Waals surface area contributed by atoms with E-state index >= 15 is 0 Å². The highest BCUT2D eigenvalue weighted by Crippen LogP contribution is 2.18. The first-order valence-electron chi connectivity index (χ1n) is 8.29. The molecule has 7 nitrogen and oxygen atoms in total. The van der Waals surface area contributed by atoms with E-state index in [-0.39, 0.29) is 11.5 Å². The summed E-state index contributed by atoms with van der Waals surface area (Å²) in [4.78, 5) is 25.8. The summed E-state index contributed by atoms with van der Waals surface area (Å²) in [7, 11) is -1.53. The zero-order chi connectivity index (χ0) is 18.4. The molecular formula is C17H24N2O5S. The van der Waals surface area contributed by atoms with Crippen LogP contribution < -0.4 is 10.1 Å². The fourth-order valence-corrected chi connectivity index (χ4v) is 4.75. The van der Waals surface area contributed by atoms with E-state index in [2.05, 4.69) is 5.32 Å². The molecule has 0 spiro atoms. The molecule has 8 heteroatoms. The molecule has 1 aromatic rings. The van der Waals surface area contributed by atoms with Crippen molar-refractivity contribution in [2.24, 2.45) is 0 Å². The fraction of sp³-hybridized carbons (Fsp3) is 0.529. The summed E-state index contributed by atoms with van der Waals surface area (Å²) in [6, 6.07) is 7.06. The van der Waals surface area contributed by atoms with Gasteiger partial charge < -0.3 is 15.0 Å². The van der Waals surface area contributed by atoms with E-state index in [1.807, 2.05) is 24.3 Å². The smallest absolute Gasteiger partial charge is 0.312 e. The van der Waals surface area contributed by atoms with Gasteiger partial charge in [0, 0.05) is 19.1 Å². The fourth-order valence-electron chi connectivity index (χ4n) is 3.02. The maximum absolute atomic E-state index is 12.3. The first-order valence-corrected chi connectivity index (χ1v) is 10.1. The second kappa shape index (κ2) is 8.33. The Morgan fingerprint density at radius 3 is 2.64 bits per heavy atom. The van der Waals surface area contributed by atoms with Crippen LogP contribution in [0.4, 0.5) is 0 Å². The minimum absolute atomic E-state index is 0.0663. The van der Waals surface area contributed by atoms with E-state index in [1.165, 1.54) is 4.90 Å². The van der Waals surface area contributed by atoms with Gasteiger partial charge in [-0.25, -0.2) is 8.42 Å². The van der Waals surface area contributed by atoms with Gasteiger partial charge in [0.05, 0.1) is 18.6 Å². The number of rotatable bonds is 6. The number of nitrogens with zero attached hydrogens (tertiary/aromatic N) is 1. The molecule has 0 saturated carbocycles. The van der Waals surface area contributed by atoms with Gasteiger partial charge in [-0.1, -0.05) is 18.2 Å². The van der Waals surface area contributed by atoms with Gasteiger partial charge in [-0.2, -0.15) is 0 Å². The van der Waals surface area contributed by atoms with Crippen molar-refractivity contribution in [2.75, 3.05) is 31.7 Å². The van der Waals surface area contributed by atoms with Crippen LogP contribution in [0.3, 0.4) is 0 Å². The number of nitrogens with one attached hydrogen (secondary N) is 1. The molecule has 0 bridgehead atoms. The van der Waals surface area contributed by atoms with Crippen LogP contribution in [0.2, 0.25) is 0 Å². The number of methoxy groups -OCH3 is 1. The monoisotopic (exact) mass is 368 g/mol. The predicted molar refractivity (Wildman–Crippen MR) is 94.2 cm³/mol. The second-order valence-corrected chi connectivity index (χ2v) is 8.19. The minimum atomic E-state index is -3.11. The van der Waals surface area contributed by atoms with Crippen LogP contribution in [0.25, 0.3) is 0 Å². The van der Waals surface area contributed by atoms with E-state index in [0.717, 1.165) is 11.3 Å². The molecule has 25 heavy (non-hydrogen) atoms. The quantitative estimate of drug-likeness (QED) is 0.733. The van der Waals surface area contributed by atoms with Crippen molar-refractivity contribution in [3.8, 4) is 5.75 Å². The van der Waals surface area contributed by atoms with Gasteiger partial charge in [0.2, 0.25) is 0 Å². The molecule has 0 aromatic heterocycles. The summed E-state index contributed by atoms with van der Waals surface area (Å²) in [5, 5.41) is 2.61. The van der Waals surface area contributed by atoms with Crippen molar-refractivity contribution in [1.82, 2.24) is 10.2 Å². The summed E-state index contributed by atoms with van der Waals surface area (Å²) in [5.41, 5.74) is 0.937. The van der Waals surface area contributed by atoms with Crippen LogP contribution in [-0.4, -0.2) is 62.9 Å². The van der Waals surface area contributed by atoms with E-state index in [1.54, 1.807) is 14.0 Å². The maximum Gasteiger partial charge on any atom is 0.312 e. The Bertz CT molecular complexity index is 732. The Hall–Kier alpha value is -2.09. The summed E-state index contributed by atoms with van der Waals surface area (Å²) in [6.45, 7) is 2.34. The highest BCUT2D eigenvalue weighted by molar-refractivity contribution is 7.91. The summed E-state index contributed by atoms with van der Waals surface area (Å²) in [5.74, 6) is -0.655. The van der Waals surface area contributed by atoms with E-state index in [9.17, 15) is 18.0 Å².